The molecule has 5 rings (SSSR count). The first-order valence-electron chi connectivity index (χ1n) is 10.2. The minimum absolute atomic E-state index is 0.713. The molecule has 0 aliphatic carbocycles. The molecular weight excluding hydrogens is 374 g/mol. The maximum atomic E-state index is 5.57. The number of methoxy groups -OCH3 is 1. The lowest BCUT2D eigenvalue weighted by atomic mass is 10.0. The Morgan fingerprint density at radius 3 is 2.27 bits per heavy atom. The molecule has 0 radical (unpaired) electrons. The predicted octanol–water partition coefficient (Wildman–Crippen LogP) is 4.81. The van der Waals surface area contributed by atoms with E-state index >= 15 is 0 Å². The van der Waals surface area contributed by atoms with Crippen molar-refractivity contribution in [3.05, 3.63) is 72.8 Å². The molecule has 0 saturated carbocycles. The Bertz CT molecular complexity index is 1150. The molecule has 150 valence electrons. The van der Waals surface area contributed by atoms with Crippen LogP contribution in [0.25, 0.3) is 33.4 Å². The summed E-state index contributed by atoms with van der Waals surface area (Å²) in [5.41, 5.74) is 4.24. The Morgan fingerprint density at radius 1 is 0.800 bits per heavy atom. The molecule has 5 nitrogen and oxygen atoms in total. The van der Waals surface area contributed by atoms with Gasteiger partial charge in [-0.25, -0.2) is 9.97 Å². The lowest BCUT2D eigenvalue weighted by Crippen LogP contribution is -2.37. The highest BCUT2D eigenvalue weighted by Crippen LogP contribution is 2.32. The highest BCUT2D eigenvalue weighted by Gasteiger charge is 2.18. The second-order valence-electron chi connectivity index (χ2n) is 7.30. The molecule has 0 amide bonds. The SMILES string of the molecule is COc1ccc(-c2ccc3nc(-c4ccccc4)nc(N4CCOCC4)c3c2)cc1. The predicted molar refractivity (Wildman–Crippen MR) is 120 cm³/mol. The van der Waals surface area contributed by atoms with E-state index in [9.17, 15) is 0 Å². The van der Waals surface area contributed by atoms with Crippen molar-refractivity contribution in [1.29, 1.82) is 0 Å². The van der Waals surface area contributed by atoms with Crippen molar-refractivity contribution in [3.63, 3.8) is 0 Å². The standard InChI is InChI=1S/C25H23N3O2/c1-29-21-10-7-18(8-11-21)20-9-12-23-22(17-20)25(28-13-15-30-16-14-28)27-24(26-23)19-5-3-2-4-6-19/h2-12,17H,13-16H2,1H3. The minimum atomic E-state index is 0.713. The van der Waals surface area contributed by atoms with Crippen molar-refractivity contribution >= 4 is 16.7 Å². The van der Waals surface area contributed by atoms with Gasteiger partial charge in [0.15, 0.2) is 5.82 Å². The molecular formula is C25H23N3O2. The Balaban J connectivity index is 1.65. The number of nitrogens with zero attached hydrogens (tertiary/aromatic N) is 3. The number of hydrogen-bond acceptors (Lipinski definition) is 5. The molecule has 0 N–H and O–H groups in total. The van der Waals surface area contributed by atoms with Crippen LogP contribution in [0.3, 0.4) is 0 Å². The fourth-order valence-corrected chi connectivity index (χ4v) is 3.81. The summed E-state index contributed by atoms with van der Waals surface area (Å²) in [4.78, 5) is 12.2. The van der Waals surface area contributed by atoms with Crippen LogP contribution in [0.1, 0.15) is 0 Å². The van der Waals surface area contributed by atoms with E-state index in [1.54, 1.807) is 7.11 Å². The molecule has 3 aromatic carbocycles. The van der Waals surface area contributed by atoms with E-state index in [1.165, 1.54) is 0 Å². The molecule has 1 saturated heterocycles. The molecule has 0 bridgehead atoms. The lowest BCUT2D eigenvalue weighted by molar-refractivity contribution is 0.122. The van der Waals surface area contributed by atoms with E-state index in [0.29, 0.717) is 13.2 Å². The van der Waals surface area contributed by atoms with Gasteiger partial charge in [-0.15, -0.1) is 0 Å². The van der Waals surface area contributed by atoms with Crippen LogP contribution in [0, 0.1) is 0 Å². The second kappa shape index (κ2) is 8.13. The van der Waals surface area contributed by atoms with Crippen LogP contribution in [0.5, 0.6) is 5.75 Å². The monoisotopic (exact) mass is 397 g/mol. The van der Waals surface area contributed by atoms with Crippen molar-refractivity contribution in [2.75, 3.05) is 38.3 Å². The quantitative estimate of drug-likeness (QED) is 0.495. The van der Waals surface area contributed by atoms with Crippen LogP contribution in [0.4, 0.5) is 5.82 Å². The van der Waals surface area contributed by atoms with E-state index in [4.69, 9.17) is 19.4 Å². The van der Waals surface area contributed by atoms with Crippen LogP contribution in [0.15, 0.2) is 72.8 Å². The first-order chi connectivity index (χ1) is 14.8. The molecule has 0 spiro atoms. The smallest absolute Gasteiger partial charge is 0.162 e. The number of fused-ring (bicyclic) bond motifs is 1. The van der Waals surface area contributed by atoms with Gasteiger partial charge in [0.1, 0.15) is 11.6 Å². The number of rotatable bonds is 4. The van der Waals surface area contributed by atoms with Gasteiger partial charge in [0.25, 0.3) is 0 Å². The number of benzene rings is 3. The summed E-state index contributed by atoms with van der Waals surface area (Å²) in [6.07, 6.45) is 0. The summed E-state index contributed by atoms with van der Waals surface area (Å²) >= 11 is 0. The van der Waals surface area contributed by atoms with Gasteiger partial charge >= 0.3 is 0 Å². The Labute approximate surface area is 175 Å². The molecule has 1 aromatic heterocycles. The molecule has 2 heterocycles. The van der Waals surface area contributed by atoms with Crippen LogP contribution < -0.4 is 9.64 Å². The summed E-state index contributed by atoms with van der Waals surface area (Å²) in [7, 11) is 1.68. The molecule has 1 aliphatic heterocycles. The molecule has 1 aliphatic rings. The summed E-state index contributed by atoms with van der Waals surface area (Å²) in [5, 5.41) is 1.06. The molecule has 0 unspecified atom stereocenters. The van der Waals surface area contributed by atoms with Crippen molar-refractivity contribution in [2.24, 2.45) is 0 Å². The van der Waals surface area contributed by atoms with Gasteiger partial charge in [0.2, 0.25) is 0 Å². The van der Waals surface area contributed by atoms with E-state index in [2.05, 4.69) is 47.4 Å². The number of morpholine rings is 1. The van der Waals surface area contributed by atoms with Crippen molar-refractivity contribution in [2.45, 2.75) is 0 Å². The summed E-state index contributed by atoms with van der Waals surface area (Å²) in [6, 6.07) is 24.7. The zero-order chi connectivity index (χ0) is 20.3. The normalized spacial score (nSPS) is 14.1. The zero-order valence-corrected chi connectivity index (χ0v) is 16.9. The molecule has 5 heteroatoms. The van der Waals surface area contributed by atoms with Crippen molar-refractivity contribution in [3.8, 4) is 28.3 Å². The fourth-order valence-electron chi connectivity index (χ4n) is 3.81. The average Bonchev–Trinajstić information content (AvgIpc) is 2.84. The highest BCUT2D eigenvalue weighted by molar-refractivity contribution is 5.94. The van der Waals surface area contributed by atoms with Crippen LogP contribution in [0.2, 0.25) is 0 Å². The van der Waals surface area contributed by atoms with E-state index in [-0.39, 0.29) is 0 Å². The number of ether oxygens (including phenoxy) is 2. The van der Waals surface area contributed by atoms with Gasteiger partial charge in [-0.3, -0.25) is 0 Å². The first kappa shape index (κ1) is 18.6. The molecule has 1 fully saturated rings. The van der Waals surface area contributed by atoms with Crippen LogP contribution >= 0.6 is 0 Å². The number of aromatic nitrogens is 2. The second-order valence-corrected chi connectivity index (χ2v) is 7.30. The summed E-state index contributed by atoms with van der Waals surface area (Å²) in [5.74, 6) is 2.57. The maximum Gasteiger partial charge on any atom is 0.162 e. The van der Waals surface area contributed by atoms with Gasteiger partial charge in [0.05, 0.1) is 25.8 Å². The van der Waals surface area contributed by atoms with Crippen LogP contribution in [-0.4, -0.2) is 43.4 Å². The Hall–Kier alpha value is -3.44. The summed E-state index contributed by atoms with van der Waals surface area (Å²) < 4.78 is 10.9. The molecule has 4 aromatic rings. The fraction of sp³-hybridized carbons (Fsp3) is 0.200. The topological polar surface area (TPSA) is 47.5 Å². The van der Waals surface area contributed by atoms with Crippen molar-refractivity contribution in [1.82, 2.24) is 9.97 Å². The van der Waals surface area contributed by atoms with E-state index in [0.717, 1.165) is 58.1 Å². The van der Waals surface area contributed by atoms with Gasteiger partial charge in [-0.2, -0.15) is 0 Å². The lowest BCUT2D eigenvalue weighted by Gasteiger charge is -2.29. The third-order valence-corrected chi connectivity index (χ3v) is 5.44. The summed E-state index contributed by atoms with van der Waals surface area (Å²) in [6.45, 7) is 3.08. The van der Waals surface area contributed by atoms with E-state index < -0.39 is 0 Å². The first-order valence-corrected chi connectivity index (χ1v) is 10.2. The Morgan fingerprint density at radius 2 is 1.53 bits per heavy atom. The third-order valence-electron chi connectivity index (χ3n) is 5.44. The maximum absolute atomic E-state index is 5.57. The van der Waals surface area contributed by atoms with Gasteiger partial charge in [-0.1, -0.05) is 48.5 Å². The average molecular weight is 397 g/mol. The largest absolute Gasteiger partial charge is 0.497 e. The van der Waals surface area contributed by atoms with Crippen LogP contribution in [-0.2, 0) is 4.74 Å². The minimum Gasteiger partial charge on any atom is -0.497 e. The van der Waals surface area contributed by atoms with Gasteiger partial charge < -0.3 is 14.4 Å². The molecule has 30 heavy (non-hydrogen) atoms. The Kier molecular flexibility index (Phi) is 5.03. The van der Waals surface area contributed by atoms with Crippen molar-refractivity contribution < 1.29 is 9.47 Å². The highest BCUT2D eigenvalue weighted by atomic mass is 16.5. The third kappa shape index (κ3) is 3.60. The van der Waals surface area contributed by atoms with E-state index in [1.807, 2.05) is 30.3 Å². The number of anilines is 1. The molecule has 0 atom stereocenters. The number of hydrogen-bond donors (Lipinski definition) is 0. The zero-order valence-electron chi connectivity index (χ0n) is 16.9. The van der Waals surface area contributed by atoms with Gasteiger partial charge in [0, 0.05) is 24.0 Å². The van der Waals surface area contributed by atoms with Gasteiger partial charge in [-0.05, 0) is 35.4 Å².